The van der Waals surface area contributed by atoms with Crippen molar-refractivity contribution in [1.29, 1.82) is 0 Å². The Labute approximate surface area is 118 Å². The number of anilines is 1. The molecule has 1 amide bonds. The lowest BCUT2D eigenvalue weighted by Gasteiger charge is -2.09. The first-order valence-corrected chi connectivity index (χ1v) is 5.70. The van der Waals surface area contributed by atoms with Gasteiger partial charge >= 0.3 is 0 Å². The second kappa shape index (κ2) is 5.37. The number of carbonyl (C=O) groups excluding carboxylic acids is 1. The third-order valence-corrected chi connectivity index (χ3v) is 2.70. The zero-order valence-electron chi connectivity index (χ0n) is 10.5. The number of carbonyl (C=O) groups is 1. The highest BCUT2D eigenvalue weighted by atomic mass is 16.6. The molecule has 0 bridgehead atoms. The third kappa shape index (κ3) is 2.68. The SMILES string of the molecule is O=C(Nc1c(O)cccc1[N+](=O)[O-])c1c(O)cccc1O. The molecule has 0 spiro atoms. The van der Waals surface area contributed by atoms with Gasteiger partial charge in [-0.15, -0.1) is 0 Å². The Balaban J connectivity index is 2.44. The molecule has 0 saturated carbocycles. The first kappa shape index (κ1) is 14.1. The summed E-state index contributed by atoms with van der Waals surface area (Å²) in [5, 5.41) is 41.7. The Kier molecular flexibility index (Phi) is 3.61. The lowest BCUT2D eigenvalue weighted by molar-refractivity contribution is -0.384. The predicted molar refractivity (Wildman–Crippen MR) is 72.5 cm³/mol. The monoisotopic (exact) mass is 290 g/mol. The number of nitro groups is 1. The highest BCUT2D eigenvalue weighted by Gasteiger charge is 2.23. The topological polar surface area (TPSA) is 133 Å². The molecule has 0 atom stereocenters. The van der Waals surface area contributed by atoms with Gasteiger partial charge in [0.2, 0.25) is 0 Å². The molecule has 21 heavy (non-hydrogen) atoms. The molecule has 2 aromatic carbocycles. The second-order valence-electron chi connectivity index (χ2n) is 4.05. The van der Waals surface area contributed by atoms with Gasteiger partial charge in [0, 0.05) is 6.07 Å². The molecule has 0 unspecified atom stereocenters. The highest BCUT2D eigenvalue weighted by molar-refractivity contribution is 6.09. The largest absolute Gasteiger partial charge is 0.507 e. The van der Waals surface area contributed by atoms with E-state index in [1.54, 1.807) is 0 Å². The van der Waals surface area contributed by atoms with Crippen LogP contribution in [0.5, 0.6) is 17.2 Å². The minimum atomic E-state index is -0.991. The molecule has 0 aromatic heterocycles. The average molecular weight is 290 g/mol. The number of hydrogen-bond donors (Lipinski definition) is 4. The third-order valence-electron chi connectivity index (χ3n) is 2.70. The number of para-hydroxylation sites is 1. The first-order chi connectivity index (χ1) is 9.91. The van der Waals surface area contributed by atoms with Crippen LogP contribution in [-0.4, -0.2) is 26.2 Å². The van der Waals surface area contributed by atoms with Crippen molar-refractivity contribution in [1.82, 2.24) is 0 Å². The van der Waals surface area contributed by atoms with E-state index in [1.165, 1.54) is 24.3 Å². The van der Waals surface area contributed by atoms with E-state index >= 15 is 0 Å². The second-order valence-corrected chi connectivity index (χ2v) is 4.05. The van der Waals surface area contributed by atoms with Crippen LogP contribution in [0.3, 0.4) is 0 Å². The summed E-state index contributed by atoms with van der Waals surface area (Å²) in [5.41, 5.74) is -1.39. The van der Waals surface area contributed by atoms with Crippen molar-refractivity contribution in [2.45, 2.75) is 0 Å². The summed E-state index contributed by atoms with van der Waals surface area (Å²) in [6, 6.07) is 7.18. The zero-order chi connectivity index (χ0) is 15.6. The smallest absolute Gasteiger partial charge is 0.296 e. The lowest BCUT2D eigenvalue weighted by Crippen LogP contribution is -2.13. The van der Waals surface area contributed by atoms with E-state index in [2.05, 4.69) is 5.32 Å². The van der Waals surface area contributed by atoms with Gasteiger partial charge in [-0.1, -0.05) is 12.1 Å². The van der Waals surface area contributed by atoms with Crippen molar-refractivity contribution in [2.75, 3.05) is 5.32 Å². The molecule has 8 heteroatoms. The Hall–Kier alpha value is -3.29. The molecule has 0 radical (unpaired) electrons. The predicted octanol–water partition coefficient (Wildman–Crippen LogP) is 1.96. The number of rotatable bonds is 3. The Morgan fingerprint density at radius 1 is 1.00 bits per heavy atom. The van der Waals surface area contributed by atoms with Crippen molar-refractivity contribution in [2.24, 2.45) is 0 Å². The van der Waals surface area contributed by atoms with Gasteiger partial charge in [-0.05, 0) is 18.2 Å². The van der Waals surface area contributed by atoms with Gasteiger partial charge in [-0.25, -0.2) is 0 Å². The number of phenols is 3. The van der Waals surface area contributed by atoms with Crippen molar-refractivity contribution in [3.05, 3.63) is 52.1 Å². The maximum Gasteiger partial charge on any atom is 0.296 e. The fraction of sp³-hybridized carbons (Fsp3) is 0. The minimum Gasteiger partial charge on any atom is -0.507 e. The van der Waals surface area contributed by atoms with Crippen molar-refractivity contribution >= 4 is 17.3 Å². The van der Waals surface area contributed by atoms with Crippen LogP contribution in [0.2, 0.25) is 0 Å². The maximum absolute atomic E-state index is 12.0. The summed E-state index contributed by atoms with van der Waals surface area (Å²) in [6.45, 7) is 0. The summed E-state index contributed by atoms with van der Waals surface area (Å²) >= 11 is 0. The van der Waals surface area contributed by atoms with Crippen LogP contribution in [0, 0.1) is 10.1 Å². The van der Waals surface area contributed by atoms with Crippen LogP contribution < -0.4 is 5.32 Å². The van der Waals surface area contributed by atoms with Gasteiger partial charge in [-0.2, -0.15) is 0 Å². The highest BCUT2D eigenvalue weighted by Crippen LogP contribution is 2.35. The normalized spacial score (nSPS) is 10.1. The molecule has 0 aliphatic carbocycles. The lowest BCUT2D eigenvalue weighted by atomic mass is 10.1. The van der Waals surface area contributed by atoms with Crippen LogP contribution >= 0.6 is 0 Å². The van der Waals surface area contributed by atoms with E-state index in [4.69, 9.17) is 0 Å². The van der Waals surface area contributed by atoms with E-state index in [1.807, 2.05) is 0 Å². The van der Waals surface area contributed by atoms with Crippen molar-refractivity contribution < 1.29 is 25.0 Å². The molecule has 2 rings (SSSR count). The van der Waals surface area contributed by atoms with E-state index in [9.17, 15) is 30.2 Å². The maximum atomic E-state index is 12.0. The van der Waals surface area contributed by atoms with Crippen LogP contribution in [0.4, 0.5) is 11.4 Å². The molecule has 2 aromatic rings. The number of nitrogens with one attached hydrogen (secondary N) is 1. The summed E-state index contributed by atoms with van der Waals surface area (Å²) in [7, 11) is 0. The van der Waals surface area contributed by atoms with Gasteiger partial charge in [0.05, 0.1) is 4.92 Å². The summed E-state index contributed by atoms with van der Waals surface area (Å²) in [6.07, 6.45) is 0. The van der Waals surface area contributed by atoms with E-state index < -0.39 is 45.0 Å². The molecule has 4 N–H and O–H groups in total. The van der Waals surface area contributed by atoms with Crippen molar-refractivity contribution in [3.8, 4) is 17.2 Å². The Bertz CT molecular complexity index is 708. The average Bonchev–Trinajstić information content (AvgIpc) is 2.40. The van der Waals surface area contributed by atoms with Crippen molar-refractivity contribution in [3.63, 3.8) is 0 Å². The molecule has 0 aliphatic rings. The summed E-state index contributed by atoms with van der Waals surface area (Å²) in [5.74, 6) is -2.49. The number of benzene rings is 2. The quantitative estimate of drug-likeness (QED) is 0.388. The first-order valence-electron chi connectivity index (χ1n) is 5.70. The molecular formula is C13H10N2O6. The van der Waals surface area contributed by atoms with E-state index in [-0.39, 0.29) is 0 Å². The number of amides is 1. The standard InChI is InChI=1S/C13H10N2O6/c16-8-4-2-5-9(17)11(8)13(19)14-12-7(15(20)21)3-1-6-10(12)18/h1-6,16-18H,(H,14,19). The van der Waals surface area contributed by atoms with Gasteiger partial charge in [0.15, 0.2) is 5.69 Å². The molecular weight excluding hydrogens is 280 g/mol. The van der Waals surface area contributed by atoms with E-state index in [0.29, 0.717) is 0 Å². The molecule has 0 heterocycles. The van der Waals surface area contributed by atoms with Crippen LogP contribution in [0.25, 0.3) is 0 Å². The summed E-state index contributed by atoms with van der Waals surface area (Å²) < 4.78 is 0. The van der Waals surface area contributed by atoms with Gasteiger partial charge in [0.25, 0.3) is 11.6 Å². The van der Waals surface area contributed by atoms with Gasteiger partial charge < -0.3 is 20.6 Å². The number of nitrogens with zero attached hydrogens (tertiary/aromatic N) is 1. The molecule has 0 saturated heterocycles. The molecule has 8 nitrogen and oxygen atoms in total. The fourth-order valence-corrected chi connectivity index (χ4v) is 1.75. The Morgan fingerprint density at radius 2 is 1.52 bits per heavy atom. The molecule has 0 aliphatic heterocycles. The van der Waals surface area contributed by atoms with Gasteiger partial charge in [-0.3, -0.25) is 14.9 Å². The molecule has 0 fully saturated rings. The molecule has 108 valence electrons. The number of nitro benzene ring substituents is 1. The Morgan fingerprint density at radius 3 is 2.10 bits per heavy atom. The van der Waals surface area contributed by atoms with Gasteiger partial charge in [0.1, 0.15) is 22.8 Å². The van der Waals surface area contributed by atoms with E-state index in [0.717, 1.165) is 12.1 Å². The number of hydrogen-bond acceptors (Lipinski definition) is 6. The number of phenolic OH excluding ortho intramolecular Hbond substituents is 3. The van der Waals surface area contributed by atoms with Crippen LogP contribution in [-0.2, 0) is 0 Å². The zero-order valence-corrected chi connectivity index (χ0v) is 10.5. The minimum absolute atomic E-state index is 0.421. The van der Waals surface area contributed by atoms with Crippen LogP contribution in [0.15, 0.2) is 36.4 Å². The fourth-order valence-electron chi connectivity index (χ4n) is 1.75. The van der Waals surface area contributed by atoms with Crippen LogP contribution in [0.1, 0.15) is 10.4 Å². The summed E-state index contributed by atoms with van der Waals surface area (Å²) in [4.78, 5) is 22.1. The number of aromatic hydroxyl groups is 3.